The van der Waals surface area contributed by atoms with E-state index in [2.05, 4.69) is 10.3 Å². The van der Waals surface area contributed by atoms with Gasteiger partial charge in [0.25, 0.3) is 0 Å². The van der Waals surface area contributed by atoms with Gasteiger partial charge in [-0.2, -0.15) is 0 Å². The molecule has 1 unspecified atom stereocenters. The number of para-hydroxylation sites is 1. The molecular weight excluding hydrogens is 312 g/mol. The highest BCUT2D eigenvalue weighted by Gasteiger charge is 2.04. The van der Waals surface area contributed by atoms with E-state index in [1.54, 1.807) is 24.3 Å². The second kappa shape index (κ2) is 8.45. The average Bonchev–Trinajstić information content (AvgIpc) is 2.95. The highest BCUT2D eigenvalue weighted by molar-refractivity contribution is 7.09. The maximum atomic E-state index is 11.7. The summed E-state index contributed by atoms with van der Waals surface area (Å²) in [7, 11) is 0. The minimum absolute atomic E-state index is 0.227. The van der Waals surface area contributed by atoms with Crippen molar-refractivity contribution in [2.75, 3.05) is 6.54 Å². The lowest BCUT2D eigenvalue weighted by Crippen LogP contribution is -2.28. The smallest absolute Gasteiger partial charge is 0.244 e. The fourth-order valence-electron chi connectivity index (χ4n) is 1.85. The van der Waals surface area contributed by atoms with Crippen LogP contribution in [0.2, 0.25) is 0 Å². The number of aliphatic hydroxyl groups excluding tert-OH is 1. The van der Waals surface area contributed by atoms with Crippen LogP contribution in [0.25, 0.3) is 6.08 Å². The SMILES string of the molecule is Cc1nc(COc2ccccc2/C=C/C(=O)NCC(C)O)cs1. The Bertz CT molecular complexity index is 680. The van der Waals surface area contributed by atoms with Gasteiger partial charge in [0, 0.05) is 23.6 Å². The van der Waals surface area contributed by atoms with Gasteiger partial charge in [0.15, 0.2) is 0 Å². The van der Waals surface area contributed by atoms with Gasteiger partial charge in [-0.25, -0.2) is 4.98 Å². The zero-order valence-corrected chi connectivity index (χ0v) is 14.0. The molecule has 0 aliphatic rings. The lowest BCUT2D eigenvalue weighted by molar-refractivity contribution is -0.116. The number of carbonyl (C=O) groups is 1. The van der Waals surface area contributed by atoms with E-state index < -0.39 is 6.10 Å². The summed E-state index contributed by atoms with van der Waals surface area (Å²) in [6.07, 6.45) is 2.56. The van der Waals surface area contributed by atoms with Crippen molar-refractivity contribution in [1.29, 1.82) is 0 Å². The summed E-state index contributed by atoms with van der Waals surface area (Å²) in [5.41, 5.74) is 1.70. The number of thiazole rings is 1. The molecule has 1 heterocycles. The molecule has 2 N–H and O–H groups in total. The molecule has 23 heavy (non-hydrogen) atoms. The molecule has 0 aliphatic heterocycles. The van der Waals surface area contributed by atoms with Gasteiger partial charge in [0.05, 0.1) is 16.8 Å². The Balaban J connectivity index is 1.98. The average molecular weight is 332 g/mol. The number of aromatic nitrogens is 1. The quantitative estimate of drug-likeness (QED) is 0.764. The fourth-order valence-corrected chi connectivity index (χ4v) is 2.45. The van der Waals surface area contributed by atoms with Crippen molar-refractivity contribution in [3.05, 3.63) is 52.0 Å². The molecule has 2 rings (SSSR count). The zero-order valence-electron chi connectivity index (χ0n) is 13.2. The maximum Gasteiger partial charge on any atom is 0.244 e. The van der Waals surface area contributed by atoms with Crippen LogP contribution in [0.3, 0.4) is 0 Å². The Morgan fingerprint density at radius 1 is 1.48 bits per heavy atom. The van der Waals surface area contributed by atoms with Crippen LogP contribution in [0.1, 0.15) is 23.2 Å². The first-order valence-electron chi connectivity index (χ1n) is 7.31. The second-order valence-electron chi connectivity index (χ2n) is 5.11. The van der Waals surface area contributed by atoms with Gasteiger partial charge in [-0.15, -0.1) is 11.3 Å². The van der Waals surface area contributed by atoms with Crippen LogP contribution in [0.4, 0.5) is 0 Å². The first-order chi connectivity index (χ1) is 11.0. The molecule has 2 aromatic rings. The number of amides is 1. The molecule has 1 atom stereocenters. The van der Waals surface area contributed by atoms with E-state index in [1.165, 1.54) is 6.08 Å². The van der Waals surface area contributed by atoms with Gasteiger partial charge >= 0.3 is 0 Å². The van der Waals surface area contributed by atoms with Crippen LogP contribution in [0.15, 0.2) is 35.7 Å². The maximum absolute atomic E-state index is 11.7. The Labute approximate surface area is 139 Å². The van der Waals surface area contributed by atoms with Crippen LogP contribution >= 0.6 is 11.3 Å². The van der Waals surface area contributed by atoms with E-state index in [0.29, 0.717) is 12.4 Å². The molecule has 6 heteroatoms. The third-order valence-corrected chi connectivity index (χ3v) is 3.77. The summed E-state index contributed by atoms with van der Waals surface area (Å²) >= 11 is 1.59. The molecule has 0 fully saturated rings. The van der Waals surface area contributed by atoms with Gasteiger partial charge in [-0.1, -0.05) is 18.2 Å². The summed E-state index contributed by atoms with van der Waals surface area (Å²) < 4.78 is 5.79. The van der Waals surface area contributed by atoms with Crippen molar-refractivity contribution in [3.63, 3.8) is 0 Å². The van der Waals surface area contributed by atoms with Crippen LogP contribution in [-0.4, -0.2) is 28.6 Å². The summed E-state index contributed by atoms with van der Waals surface area (Å²) in [5.74, 6) is 0.438. The van der Waals surface area contributed by atoms with E-state index in [-0.39, 0.29) is 12.5 Å². The predicted octanol–water partition coefficient (Wildman–Crippen LogP) is 2.54. The summed E-state index contributed by atoms with van der Waals surface area (Å²) in [4.78, 5) is 16.0. The number of hydrogen-bond donors (Lipinski definition) is 2. The third kappa shape index (κ3) is 5.84. The van der Waals surface area contributed by atoms with Gasteiger partial charge in [0.2, 0.25) is 5.91 Å². The Morgan fingerprint density at radius 2 is 2.26 bits per heavy atom. The highest BCUT2D eigenvalue weighted by Crippen LogP contribution is 2.21. The van der Waals surface area contributed by atoms with Crippen molar-refractivity contribution in [1.82, 2.24) is 10.3 Å². The van der Waals surface area contributed by atoms with Crippen LogP contribution in [0.5, 0.6) is 5.75 Å². The largest absolute Gasteiger partial charge is 0.487 e. The van der Waals surface area contributed by atoms with E-state index in [0.717, 1.165) is 16.3 Å². The number of rotatable bonds is 7. The molecule has 0 spiro atoms. The Hall–Kier alpha value is -2.18. The third-order valence-electron chi connectivity index (χ3n) is 2.95. The number of aliphatic hydroxyl groups is 1. The monoisotopic (exact) mass is 332 g/mol. The standard InChI is InChI=1S/C17H20N2O3S/c1-12(20)9-18-17(21)8-7-14-5-3-4-6-16(14)22-10-15-11-23-13(2)19-15/h3-8,11-12,20H,9-10H2,1-2H3,(H,18,21)/b8-7+. The second-order valence-corrected chi connectivity index (χ2v) is 6.17. The van der Waals surface area contributed by atoms with Crippen LogP contribution < -0.4 is 10.1 Å². The zero-order chi connectivity index (χ0) is 16.7. The first-order valence-corrected chi connectivity index (χ1v) is 8.19. The van der Waals surface area contributed by atoms with E-state index in [4.69, 9.17) is 9.84 Å². The van der Waals surface area contributed by atoms with Crippen molar-refractivity contribution in [2.24, 2.45) is 0 Å². The molecule has 0 saturated carbocycles. The van der Waals surface area contributed by atoms with Crippen LogP contribution in [-0.2, 0) is 11.4 Å². The normalized spacial score (nSPS) is 12.3. The lowest BCUT2D eigenvalue weighted by atomic mass is 10.2. The molecule has 122 valence electrons. The molecule has 1 aromatic heterocycles. The molecule has 0 saturated heterocycles. The van der Waals surface area contributed by atoms with E-state index in [9.17, 15) is 4.79 Å². The topological polar surface area (TPSA) is 71.5 Å². The molecule has 5 nitrogen and oxygen atoms in total. The highest BCUT2D eigenvalue weighted by atomic mass is 32.1. The van der Waals surface area contributed by atoms with Crippen molar-refractivity contribution in [2.45, 2.75) is 26.6 Å². The van der Waals surface area contributed by atoms with Gasteiger partial charge in [-0.3, -0.25) is 4.79 Å². The van der Waals surface area contributed by atoms with Gasteiger partial charge < -0.3 is 15.2 Å². The lowest BCUT2D eigenvalue weighted by Gasteiger charge is -2.08. The van der Waals surface area contributed by atoms with Crippen molar-refractivity contribution < 1.29 is 14.6 Å². The van der Waals surface area contributed by atoms with E-state index in [1.807, 2.05) is 36.6 Å². The number of nitrogens with zero attached hydrogens (tertiary/aromatic N) is 1. The molecule has 0 bridgehead atoms. The predicted molar refractivity (Wildman–Crippen MR) is 91.3 cm³/mol. The molecule has 0 aliphatic carbocycles. The molecule has 0 radical (unpaired) electrons. The minimum atomic E-state index is -0.565. The number of ether oxygens (including phenoxy) is 1. The first kappa shape index (κ1) is 17.2. The van der Waals surface area contributed by atoms with Crippen LogP contribution in [0, 0.1) is 6.92 Å². The van der Waals surface area contributed by atoms with Crippen molar-refractivity contribution in [3.8, 4) is 5.75 Å². The van der Waals surface area contributed by atoms with E-state index >= 15 is 0 Å². The molecular formula is C17H20N2O3S. The van der Waals surface area contributed by atoms with Crippen molar-refractivity contribution >= 4 is 23.3 Å². The number of hydrogen-bond acceptors (Lipinski definition) is 5. The Kier molecular flexibility index (Phi) is 6.31. The fraction of sp³-hybridized carbons (Fsp3) is 0.294. The van der Waals surface area contributed by atoms with Gasteiger partial charge in [-0.05, 0) is 26.0 Å². The summed E-state index contributed by atoms with van der Waals surface area (Å²) in [5, 5.41) is 14.7. The number of nitrogens with one attached hydrogen (secondary N) is 1. The molecule has 1 aromatic carbocycles. The van der Waals surface area contributed by atoms with Gasteiger partial charge in [0.1, 0.15) is 12.4 Å². The number of carbonyl (C=O) groups excluding carboxylic acids is 1. The minimum Gasteiger partial charge on any atom is -0.487 e. The Morgan fingerprint density at radius 3 is 2.96 bits per heavy atom. The number of aryl methyl sites for hydroxylation is 1. The number of benzene rings is 1. The molecule has 1 amide bonds. The summed E-state index contributed by atoms with van der Waals surface area (Å²) in [6.45, 7) is 4.19. The summed E-state index contributed by atoms with van der Waals surface area (Å²) in [6, 6.07) is 7.49.